The summed E-state index contributed by atoms with van der Waals surface area (Å²) in [6.07, 6.45) is -10.3. The molecule has 18 N–H and O–H groups in total. The molecule has 0 bridgehead atoms. The lowest BCUT2D eigenvalue weighted by Gasteiger charge is -2.42. The van der Waals surface area contributed by atoms with Crippen molar-refractivity contribution in [3.05, 3.63) is 0 Å². The molecule has 17 atom stereocenters. The Morgan fingerprint density at radius 3 is 1.16 bits per heavy atom. The second-order valence-corrected chi connectivity index (χ2v) is 25.5. The van der Waals surface area contributed by atoms with Crippen LogP contribution >= 0.6 is 34.8 Å². The van der Waals surface area contributed by atoms with E-state index >= 15 is 0 Å². The summed E-state index contributed by atoms with van der Waals surface area (Å²) in [6, 6.07) is -5.65. The van der Waals surface area contributed by atoms with Crippen LogP contribution in [0.5, 0.6) is 0 Å². The molecule has 3 fully saturated rings. The Labute approximate surface area is 578 Å². The number of nitrogens with one attached hydrogen (secondary N) is 9. The molecular weight excluding hydrogens is 1410 g/mol. The number of unbranched alkanes of at least 4 members (excludes halogenated alkanes) is 7. The maximum Gasteiger partial charge on any atom is 0.243 e. The van der Waals surface area contributed by atoms with E-state index in [1.165, 1.54) is 32.5 Å². The third-order valence-electron chi connectivity index (χ3n) is 15.8. The largest absolute Gasteiger partial charge is 0.394 e. The second-order valence-electron chi connectivity index (χ2n) is 23.7. The van der Waals surface area contributed by atoms with Crippen LogP contribution < -0.4 is 47.9 Å². The molecule has 16 unspecified atom stereocenters. The first-order valence-corrected chi connectivity index (χ1v) is 35.0. The number of aliphatic hydroxyl groups is 9. The average Bonchev–Trinajstić information content (AvgIpc) is 0.830. The minimum atomic E-state index is -1.53. The van der Waals surface area contributed by atoms with Crippen LogP contribution in [0.25, 0.3) is 0 Å². The van der Waals surface area contributed by atoms with E-state index in [1.807, 2.05) is 0 Å². The van der Waals surface area contributed by atoms with Gasteiger partial charge in [0.25, 0.3) is 0 Å². The van der Waals surface area contributed by atoms with Crippen LogP contribution in [0.4, 0.5) is 0 Å². The highest BCUT2D eigenvalue weighted by Gasteiger charge is 2.48. The lowest BCUT2D eigenvalue weighted by Crippen LogP contribution is -2.64. The molecule has 34 nitrogen and oxygen atoms in total. The predicted molar refractivity (Wildman–Crippen MR) is 350 cm³/mol. The monoisotopic (exact) mass is 1510 g/mol. The van der Waals surface area contributed by atoms with E-state index in [4.69, 9.17) is 31.5 Å². The maximum atomic E-state index is 14.3. The standard InChI is InChI=1S/C60H106IN9O25S/c1-35(74)66-47-53(84)50(81)40(31-71)93-58(47)89-26-14-8-20-43(77)62-23-12-6-17-38(56(87)64-25-11-4-5-19-45(79)65-34-96-30-29-92-61)70-57(88)39(69-46(80)22-10-16-28-91-60-49(68-37(3)76)55(86)52(83)42(33-73)95-60)18-7-13-24-63-44(78)21-9-15-27-90-59-48(67-36(2)75)54(85)51(82)41(32-72)94-59/h38-42,47-55,58-60,71-73,81-86H,4-34H2,1-3H3,(H,62,77)(H,63,78)(H,64,87)(H,65,79)(H,66,74)(H,67,75)(H,68,76)(H,69,80)(H,70,88)/t38?,39?,40?,41?,42?,47-,48?,49?,50?,51?,52?,53?,54?,55?,58?,59?,60?/m0/s1. The van der Waals surface area contributed by atoms with Crippen molar-refractivity contribution < 1.29 is 121 Å². The number of amides is 9. The summed E-state index contributed by atoms with van der Waals surface area (Å²) in [7, 11) is 0. The minimum Gasteiger partial charge on any atom is -0.394 e. The molecule has 36 heteroatoms. The number of hydrogen-bond donors (Lipinski definition) is 18. The molecule has 3 aliphatic heterocycles. The normalized spacial score (nSPS) is 26.3. The average molecular weight is 1510 g/mol. The lowest BCUT2D eigenvalue weighted by atomic mass is 9.97. The van der Waals surface area contributed by atoms with Crippen LogP contribution in [-0.2, 0) is 74.6 Å². The Hall–Kier alpha value is -4.33. The highest BCUT2D eigenvalue weighted by Crippen LogP contribution is 2.26. The van der Waals surface area contributed by atoms with Gasteiger partial charge in [0.2, 0.25) is 53.2 Å². The third-order valence-corrected chi connectivity index (χ3v) is 17.1. The number of carbonyl (C=O) groups is 9. The molecule has 0 aliphatic carbocycles. The van der Waals surface area contributed by atoms with Crippen molar-refractivity contribution in [2.24, 2.45) is 0 Å². The Morgan fingerprint density at radius 2 is 0.771 bits per heavy atom. The van der Waals surface area contributed by atoms with Crippen LogP contribution in [0.3, 0.4) is 0 Å². The van der Waals surface area contributed by atoms with Crippen LogP contribution in [0, 0.1) is 0 Å². The molecule has 554 valence electrons. The van der Waals surface area contributed by atoms with Gasteiger partial charge in [0, 0.05) is 91.7 Å². The molecule has 0 aromatic carbocycles. The van der Waals surface area contributed by atoms with E-state index < -0.39 is 159 Å². The van der Waals surface area contributed by atoms with Crippen molar-refractivity contribution in [2.45, 2.75) is 247 Å². The van der Waals surface area contributed by atoms with Crippen molar-refractivity contribution >= 4 is 87.9 Å². The Bertz CT molecular complexity index is 2320. The molecule has 9 amide bonds. The maximum absolute atomic E-state index is 14.3. The molecule has 96 heavy (non-hydrogen) atoms. The van der Waals surface area contributed by atoms with Gasteiger partial charge in [0.05, 0.1) is 32.3 Å². The number of halogens is 1. The predicted octanol–water partition coefficient (Wildman–Crippen LogP) is -4.23. The van der Waals surface area contributed by atoms with Gasteiger partial charge in [-0.1, -0.05) is 6.42 Å². The summed E-state index contributed by atoms with van der Waals surface area (Å²) < 4.78 is 39.0. The number of hydrogen-bond acceptors (Lipinski definition) is 26. The number of rotatable bonds is 49. The van der Waals surface area contributed by atoms with Gasteiger partial charge in [-0.3, -0.25) is 43.2 Å². The zero-order chi connectivity index (χ0) is 71.0. The molecular formula is C60H106IN9O25S. The fourth-order valence-corrected chi connectivity index (χ4v) is 11.7. The molecule has 0 saturated carbocycles. The van der Waals surface area contributed by atoms with Crippen LogP contribution in [-0.4, -0.2) is 281 Å². The summed E-state index contributed by atoms with van der Waals surface area (Å²) in [5.74, 6) is -2.71. The summed E-state index contributed by atoms with van der Waals surface area (Å²) in [5, 5.41) is 116. The van der Waals surface area contributed by atoms with Crippen LogP contribution in [0.1, 0.15) is 143 Å². The molecule has 3 saturated heterocycles. The number of aliphatic hydroxyl groups excluding tert-OH is 9. The summed E-state index contributed by atoms with van der Waals surface area (Å²) in [5.41, 5.74) is 0. The highest BCUT2D eigenvalue weighted by atomic mass is 127. The first kappa shape index (κ1) is 85.9. The summed E-state index contributed by atoms with van der Waals surface area (Å²) in [6.45, 7) is 3.06. The van der Waals surface area contributed by atoms with E-state index in [0.717, 1.165) is 5.75 Å². The van der Waals surface area contributed by atoms with Gasteiger partial charge >= 0.3 is 0 Å². The van der Waals surface area contributed by atoms with E-state index in [-0.39, 0.29) is 102 Å². The Morgan fingerprint density at radius 1 is 0.417 bits per heavy atom. The first-order chi connectivity index (χ1) is 46.0. The highest BCUT2D eigenvalue weighted by molar-refractivity contribution is 14.1. The molecule has 0 aromatic heterocycles. The molecule has 3 rings (SSSR count). The minimum absolute atomic E-state index is 0.0369. The van der Waals surface area contributed by atoms with Gasteiger partial charge in [-0.15, -0.1) is 11.8 Å². The van der Waals surface area contributed by atoms with Crippen molar-refractivity contribution in [2.75, 3.05) is 77.5 Å². The van der Waals surface area contributed by atoms with Crippen molar-refractivity contribution in [1.82, 2.24) is 47.9 Å². The zero-order valence-corrected chi connectivity index (χ0v) is 58.1. The summed E-state index contributed by atoms with van der Waals surface area (Å²) >= 11 is 3.34. The third kappa shape index (κ3) is 33.2. The van der Waals surface area contributed by atoms with Crippen molar-refractivity contribution in [1.29, 1.82) is 0 Å². The van der Waals surface area contributed by atoms with Crippen molar-refractivity contribution in [3.63, 3.8) is 0 Å². The first-order valence-electron chi connectivity index (χ1n) is 33.0. The van der Waals surface area contributed by atoms with Crippen molar-refractivity contribution in [3.8, 4) is 0 Å². The van der Waals surface area contributed by atoms with Gasteiger partial charge in [0.1, 0.15) is 108 Å². The van der Waals surface area contributed by atoms with E-state index in [2.05, 4.69) is 47.9 Å². The smallest absolute Gasteiger partial charge is 0.243 e. The summed E-state index contributed by atoms with van der Waals surface area (Å²) in [4.78, 5) is 115. The van der Waals surface area contributed by atoms with Crippen LogP contribution in [0.15, 0.2) is 0 Å². The topological polar surface area (TPSA) is 509 Å². The lowest BCUT2D eigenvalue weighted by molar-refractivity contribution is -0.270. The fraction of sp³-hybridized carbons (Fsp3) is 0.850. The molecule has 0 radical (unpaired) electrons. The molecule has 3 heterocycles. The number of ether oxygens (including phenoxy) is 6. The van der Waals surface area contributed by atoms with Gasteiger partial charge in [0.15, 0.2) is 18.9 Å². The van der Waals surface area contributed by atoms with E-state index in [0.29, 0.717) is 89.5 Å². The molecule has 0 aromatic rings. The quantitative estimate of drug-likeness (QED) is 0.0156. The van der Waals surface area contributed by atoms with E-state index in [9.17, 15) is 89.1 Å². The molecule has 3 aliphatic rings. The Balaban J connectivity index is 1.63. The SMILES string of the molecule is CC(=O)NC1C(OCCCCC(=O)NCCCCC(NC(=O)CCCCOC2OC(CO)C(O)C(O)C2NC(C)=O)C(=O)NC(CCCCNC(=O)CCCCOC2OC(CO)C(O)C(O)[C@@H]2NC(C)=O)C(=O)NCCCCCC(=O)NCSCCOI)OC(CO)C(O)C1O. The Kier molecular flexibility index (Phi) is 44.1. The number of carbonyl (C=O) groups excluding carboxylic acids is 9. The van der Waals surface area contributed by atoms with Gasteiger partial charge in [-0.05, 0) is 89.9 Å². The van der Waals surface area contributed by atoms with Gasteiger partial charge < -0.3 is 125 Å². The van der Waals surface area contributed by atoms with E-state index in [1.54, 1.807) is 23.0 Å². The van der Waals surface area contributed by atoms with Gasteiger partial charge in [-0.25, -0.2) is 0 Å². The fourth-order valence-electron chi connectivity index (χ4n) is 10.6. The zero-order valence-electron chi connectivity index (χ0n) is 55.1. The van der Waals surface area contributed by atoms with Crippen LogP contribution in [0.2, 0.25) is 0 Å². The number of thioether (sulfide) groups is 1. The van der Waals surface area contributed by atoms with Gasteiger partial charge in [-0.2, -0.15) is 0 Å². The molecule has 0 spiro atoms. The second kappa shape index (κ2) is 49.2.